The molecule has 49 heavy (non-hydrogen) atoms. The van der Waals surface area contributed by atoms with Gasteiger partial charge in [-0.05, 0) is 96.6 Å². The zero-order valence-electron chi connectivity index (χ0n) is 27.1. The number of benzene rings is 6. The molecule has 2 heterocycles. The van der Waals surface area contributed by atoms with E-state index in [0.29, 0.717) is 33.8 Å². The van der Waals surface area contributed by atoms with E-state index >= 15 is 0 Å². The van der Waals surface area contributed by atoms with Crippen molar-refractivity contribution in [3.63, 3.8) is 0 Å². The third-order valence-electron chi connectivity index (χ3n) is 9.40. The van der Waals surface area contributed by atoms with Crippen LogP contribution in [-0.4, -0.2) is 16.4 Å². The molecule has 0 N–H and O–H groups in total. The predicted octanol–water partition coefficient (Wildman–Crippen LogP) is 10.3. The van der Waals surface area contributed by atoms with E-state index in [1.807, 2.05) is 118 Å². The van der Waals surface area contributed by atoms with Crippen molar-refractivity contribution in [3.05, 3.63) is 160 Å². The average Bonchev–Trinajstić information content (AvgIpc) is 3.59. The first kappa shape index (κ1) is 29.6. The van der Waals surface area contributed by atoms with Crippen LogP contribution in [-0.2, 0) is 0 Å². The normalized spacial score (nSPS) is 12.4. The van der Waals surface area contributed by atoms with Crippen LogP contribution < -0.4 is 4.90 Å². The third-order valence-corrected chi connectivity index (χ3v) is 9.40. The highest BCUT2D eigenvalue weighted by Crippen LogP contribution is 2.45. The molecule has 0 bridgehead atoms. The summed E-state index contributed by atoms with van der Waals surface area (Å²) in [6, 6.07) is 38.9. The van der Waals surface area contributed by atoms with Gasteiger partial charge in [0, 0.05) is 10.8 Å². The minimum absolute atomic E-state index is 0.344. The number of aromatic nitrogens is 1. The lowest BCUT2D eigenvalue weighted by atomic mass is 9.94. The lowest BCUT2D eigenvalue weighted by Crippen LogP contribution is -2.31. The molecule has 8 rings (SSSR count). The Morgan fingerprint density at radius 3 is 1.86 bits per heavy atom. The van der Waals surface area contributed by atoms with Crippen LogP contribution in [0.3, 0.4) is 0 Å². The van der Waals surface area contributed by atoms with E-state index < -0.39 is 0 Å². The summed E-state index contributed by atoms with van der Waals surface area (Å²) in [7, 11) is 0. The topological polar surface area (TPSA) is 70.5 Å². The number of aryl methyl sites for hydroxylation is 3. The minimum Gasteiger partial charge on any atom is -0.308 e. The zero-order chi connectivity index (χ0) is 34.0. The van der Waals surface area contributed by atoms with Gasteiger partial charge in [-0.25, -0.2) is 9.74 Å². The van der Waals surface area contributed by atoms with Crippen molar-refractivity contribution in [2.75, 3.05) is 4.90 Å². The number of carbonyl (C=O) groups excluding carboxylic acids is 2. The SMILES string of the molecule is [C-]#[N+]c1cccc(-c2cccc3c2c2c(-c4cccc(C#N)c4)cccc2n3-c2cccc3c2C(=O)N(c2c(C)cc(C)cc2C)C3=O)c1. The van der Waals surface area contributed by atoms with Crippen LogP contribution in [0.1, 0.15) is 43.0 Å². The quantitative estimate of drug-likeness (QED) is 0.143. The molecule has 0 unspecified atom stereocenters. The van der Waals surface area contributed by atoms with E-state index in [9.17, 15) is 14.9 Å². The molecule has 0 aliphatic carbocycles. The van der Waals surface area contributed by atoms with Crippen molar-refractivity contribution in [1.29, 1.82) is 5.26 Å². The number of carbonyl (C=O) groups is 2. The molecule has 2 amide bonds. The Kier molecular flexibility index (Phi) is 6.77. The van der Waals surface area contributed by atoms with E-state index in [1.54, 1.807) is 18.2 Å². The van der Waals surface area contributed by atoms with Gasteiger partial charge in [-0.3, -0.25) is 9.59 Å². The van der Waals surface area contributed by atoms with Gasteiger partial charge in [0.25, 0.3) is 11.8 Å². The molecule has 0 saturated heterocycles. The van der Waals surface area contributed by atoms with Crippen molar-refractivity contribution >= 4 is 45.0 Å². The fourth-order valence-corrected chi connectivity index (χ4v) is 7.53. The summed E-state index contributed by atoms with van der Waals surface area (Å²) in [6.07, 6.45) is 0. The number of hydrogen-bond acceptors (Lipinski definition) is 3. The van der Waals surface area contributed by atoms with Gasteiger partial charge in [-0.1, -0.05) is 78.4 Å². The first-order valence-electron chi connectivity index (χ1n) is 16.0. The monoisotopic (exact) mass is 632 g/mol. The van der Waals surface area contributed by atoms with Gasteiger partial charge in [0.05, 0.1) is 51.7 Å². The second-order valence-electron chi connectivity index (χ2n) is 12.5. The van der Waals surface area contributed by atoms with Crippen LogP contribution in [0.2, 0.25) is 0 Å². The number of nitrogens with zero attached hydrogens (tertiary/aromatic N) is 4. The third kappa shape index (κ3) is 4.47. The highest BCUT2D eigenvalue weighted by atomic mass is 16.2. The lowest BCUT2D eigenvalue weighted by molar-refractivity contribution is 0.0925. The Morgan fingerprint density at radius 2 is 1.22 bits per heavy atom. The van der Waals surface area contributed by atoms with Crippen LogP contribution in [0.25, 0.3) is 54.6 Å². The number of nitriles is 1. The molecule has 7 aromatic rings. The molecule has 0 fully saturated rings. The Hall–Kier alpha value is -6.76. The highest BCUT2D eigenvalue weighted by molar-refractivity contribution is 6.36. The summed E-state index contributed by atoms with van der Waals surface area (Å²) in [5.74, 6) is -0.706. The standard InChI is InChI=1S/C43H28N4O2/c1-25-20-26(2)41(27(3)21-25)47-42(48)34-16-9-19-37(40(34)43(47)49)46-35-17-7-14-32(29-11-5-10-28(22-29)24-44)38(35)39-33(15-8-18-36(39)46)30-12-6-13-31(23-30)45-4/h5-23H,1-3H3. The van der Waals surface area contributed by atoms with Gasteiger partial charge in [-0.15, -0.1) is 0 Å². The van der Waals surface area contributed by atoms with Gasteiger partial charge >= 0.3 is 0 Å². The second-order valence-corrected chi connectivity index (χ2v) is 12.5. The highest BCUT2D eigenvalue weighted by Gasteiger charge is 2.40. The zero-order valence-corrected chi connectivity index (χ0v) is 27.1. The molecule has 0 atom stereocenters. The van der Waals surface area contributed by atoms with Gasteiger partial charge in [0.1, 0.15) is 0 Å². The fourth-order valence-electron chi connectivity index (χ4n) is 7.53. The van der Waals surface area contributed by atoms with E-state index in [0.717, 1.165) is 60.8 Å². The maximum atomic E-state index is 14.5. The van der Waals surface area contributed by atoms with Crippen molar-refractivity contribution in [1.82, 2.24) is 4.57 Å². The first-order chi connectivity index (χ1) is 23.8. The molecule has 1 aliphatic rings. The Labute approximate surface area is 283 Å². The van der Waals surface area contributed by atoms with E-state index in [2.05, 4.69) is 15.5 Å². The molecular formula is C43H28N4O2. The molecule has 0 saturated carbocycles. The number of hydrogen-bond donors (Lipinski definition) is 0. The molecule has 0 spiro atoms. The summed E-state index contributed by atoms with van der Waals surface area (Å²) < 4.78 is 2.08. The number of anilines is 1. The predicted molar refractivity (Wildman–Crippen MR) is 194 cm³/mol. The lowest BCUT2D eigenvalue weighted by Gasteiger charge is -2.20. The number of fused-ring (bicyclic) bond motifs is 4. The summed E-state index contributed by atoms with van der Waals surface area (Å²) in [4.78, 5) is 33.6. The smallest absolute Gasteiger partial charge is 0.268 e. The molecule has 1 aromatic heterocycles. The molecule has 232 valence electrons. The Balaban J connectivity index is 1.47. The average molecular weight is 633 g/mol. The van der Waals surface area contributed by atoms with Crippen LogP contribution >= 0.6 is 0 Å². The number of amides is 2. The maximum absolute atomic E-state index is 14.5. The summed E-state index contributed by atoms with van der Waals surface area (Å²) >= 11 is 0. The molecule has 1 aliphatic heterocycles. The van der Waals surface area contributed by atoms with E-state index in [-0.39, 0.29) is 11.8 Å². The number of imide groups is 1. The summed E-state index contributed by atoms with van der Waals surface area (Å²) in [5, 5.41) is 11.6. The second kappa shape index (κ2) is 11.2. The molecule has 6 aromatic carbocycles. The number of rotatable bonds is 4. The van der Waals surface area contributed by atoms with Gasteiger partial charge < -0.3 is 4.57 Å². The van der Waals surface area contributed by atoms with Gasteiger partial charge in [0.2, 0.25) is 0 Å². The van der Waals surface area contributed by atoms with Crippen LogP contribution in [0, 0.1) is 38.7 Å². The maximum Gasteiger partial charge on any atom is 0.268 e. The summed E-state index contributed by atoms with van der Waals surface area (Å²) in [5.41, 5.74) is 11.1. The van der Waals surface area contributed by atoms with Crippen LogP contribution in [0.4, 0.5) is 11.4 Å². The Bertz CT molecular complexity index is 2530. The summed E-state index contributed by atoms with van der Waals surface area (Å²) in [6.45, 7) is 13.5. The van der Waals surface area contributed by atoms with E-state index in [1.165, 1.54) is 4.90 Å². The van der Waals surface area contributed by atoms with Crippen molar-refractivity contribution < 1.29 is 9.59 Å². The van der Waals surface area contributed by atoms with Gasteiger partial charge in [-0.2, -0.15) is 5.26 Å². The molecular weight excluding hydrogens is 604 g/mol. The first-order valence-corrected chi connectivity index (χ1v) is 16.0. The fraction of sp³-hybridized carbons (Fsp3) is 0.0698. The minimum atomic E-state index is -0.362. The van der Waals surface area contributed by atoms with E-state index in [4.69, 9.17) is 6.57 Å². The molecule has 6 heteroatoms. The van der Waals surface area contributed by atoms with Crippen molar-refractivity contribution in [2.24, 2.45) is 0 Å². The van der Waals surface area contributed by atoms with Crippen molar-refractivity contribution in [2.45, 2.75) is 20.8 Å². The van der Waals surface area contributed by atoms with Crippen molar-refractivity contribution in [3.8, 4) is 34.0 Å². The van der Waals surface area contributed by atoms with Crippen LogP contribution in [0.15, 0.2) is 115 Å². The molecule has 0 radical (unpaired) electrons. The largest absolute Gasteiger partial charge is 0.308 e. The van der Waals surface area contributed by atoms with Gasteiger partial charge in [0.15, 0.2) is 5.69 Å². The molecule has 6 nitrogen and oxygen atoms in total. The Morgan fingerprint density at radius 1 is 0.653 bits per heavy atom. The van der Waals surface area contributed by atoms with Crippen LogP contribution in [0.5, 0.6) is 0 Å².